The fourth-order valence-electron chi connectivity index (χ4n) is 7.10. The second kappa shape index (κ2) is 18.0. The van der Waals surface area contributed by atoms with Crippen molar-refractivity contribution in [2.24, 2.45) is 0 Å². The molecular formula is C41H46F2N8O11S2. The molecule has 0 unspecified atom stereocenters. The Morgan fingerprint density at radius 2 is 1.20 bits per heavy atom. The third-order valence-electron chi connectivity index (χ3n) is 11.9. The van der Waals surface area contributed by atoms with Crippen molar-refractivity contribution in [1.29, 1.82) is 0 Å². The van der Waals surface area contributed by atoms with Crippen LogP contribution >= 0.6 is 0 Å². The van der Waals surface area contributed by atoms with Crippen molar-refractivity contribution >= 4 is 43.6 Å². The Morgan fingerprint density at radius 3 is 1.53 bits per heavy atom. The van der Waals surface area contributed by atoms with Gasteiger partial charge in [0.2, 0.25) is 0 Å². The van der Waals surface area contributed by atoms with Gasteiger partial charge < -0.3 is 19.9 Å². The van der Waals surface area contributed by atoms with Crippen LogP contribution in [0.5, 0.6) is 0 Å². The fourth-order valence-corrected chi connectivity index (χ4v) is 8.79. The van der Waals surface area contributed by atoms with Crippen LogP contribution < -0.4 is 16.3 Å². The maximum Gasteiger partial charge on any atom is 0.328 e. The topological polar surface area (TPSA) is 242 Å². The minimum absolute atomic E-state index is 0.00336. The molecule has 7 heterocycles. The molecule has 23 heteroatoms. The zero-order valence-corrected chi connectivity index (χ0v) is 36.9. The Bertz CT molecular complexity index is 2730. The lowest BCUT2D eigenvalue weighted by Gasteiger charge is -2.48. The van der Waals surface area contributed by atoms with Crippen LogP contribution in [0.2, 0.25) is 0 Å². The average Bonchev–Trinajstić information content (AvgIpc) is 3.94. The molecule has 5 N–H and O–H groups in total. The smallest absolute Gasteiger partial charge is 0.328 e. The lowest BCUT2D eigenvalue weighted by molar-refractivity contribution is -0.132. The summed E-state index contributed by atoms with van der Waals surface area (Å²) in [4.78, 5) is 53.9. The third-order valence-corrected chi connectivity index (χ3v) is 16.0. The highest BCUT2D eigenvalue weighted by Gasteiger charge is 2.48. The van der Waals surface area contributed by atoms with Crippen LogP contribution in [0.25, 0.3) is 0 Å². The number of halogens is 2. The summed E-state index contributed by atoms with van der Waals surface area (Å²) >= 11 is 0. The zero-order valence-electron chi connectivity index (χ0n) is 35.2. The largest absolute Gasteiger partial charge is 0.378 e. The quantitative estimate of drug-likeness (QED) is 0.108. The standard InChI is InChI=1S/C22H25FN4O6S.C19H21FN4O5S/c1-21(19(28)24-30,34(2,31)32)7-8-25-11-17-9-16(10-27(17)20(25)29)5-3-4-6-22(23)14-26(15-22)18-12-33-13-18;1-18(16(25)22-27,30(2,28)29)7-8-23-11-15-9-14(10-24(15)17(23)26)5-3-4-6-19(20)12-21-13-19/h9-10,18,30H,7-8,11-15H2,1-2H3,(H,24,28);9-10,21,27H,7-8,11-13H2,1-2H3,(H,22,25)/t21-;18-/m11/s1. The number of ether oxygens (including phenoxy) is 1. The van der Waals surface area contributed by atoms with E-state index in [1.165, 1.54) is 56.1 Å². The summed E-state index contributed by atoms with van der Waals surface area (Å²) in [6, 6.07) is 2.91. The Morgan fingerprint density at radius 1 is 0.781 bits per heavy atom. The molecule has 5 aliphatic heterocycles. The van der Waals surface area contributed by atoms with Gasteiger partial charge in [-0.1, -0.05) is 11.8 Å². The second-order valence-corrected chi connectivity index (χ2v) is 21.5. The maximum atomic E-state index is 14.5. The number of hydrogen-bond acceptors (Lipinski definition) is 13. The van der Waals surface area contributed by atoms with Gasteiger partial charge in [0.05, 0.1) is 32.3 Å². The number of nitrogens with zero attached hydrogens (tertiary/aromatic N) is 5. The van der Waals surface area contributed by atoms with Crippen molar-refractivity contribution in [3.63, 3.8) is 0 Å². The number of nitrogens with one attached hydrogen (secondary N) is 3. The number of carbonyl (C=O) groups is 4. The van der Waals surface area contributed by atoms with Crippen molar-refractivity contribution in [2.75, 3.05) is 65.0 Å². The zero-order chi connectivity index (χ0) is 46.9. The Labute approximate surface area is 368 Å². The molecule has 342 valence electrons. The van der Waals surface area contributed by atoms with E-state index in [1.54, 1.807) is 12.1 Å². The van der Waals surface area contributed by atoms with Gasteiger partial charge in [0.1, 0.15) is 0 Å². The van der Waals surface area contributed by atoms with E-state index in [4.69, 9.17) is 15.2 Å². The molecule has 0 aromatic carbocycles. The van der Waals surface area contributed by atoms with E-state index >= 15 is 0 Å². The van der Waals surface area contributed by atoms with Crippen LogP contribution in [0.3, 0.4) is 0 Å². The molecule has 2 aromatic heterocycles. The van der Waals surface area contributed by atoms with E-state index in [0.29, 0.717) is 35.7 Å². The van der Waals surface area contributed by atoms with Crippen LogP contribution in [-0.4, -0.2) is 167 Å². The van der Waals surface area contributed by atoms with Crippen LogP contribution in [-0.2, 0) is 47.1 Å². The fraction of sp³-hybridized carbons (Fsp3) is 0.512. The molecule has 0 radical (unpaired) electrons. The first kappa shape index (κ1) is 47.7. The van der Waals surface area contributed by atoms with Gasteiger partial charge in [-0.15, -0.1) is 0 Å². The van der Waals surface area contributed by atoms with E-state index in [2.05, 4.69) is 52.7 Å². The van der Waals surface area contributed by atoms with E-state index in [-0.39, 0.29) is 83.3 Å². The summed E-state index contributed by atoms with van der Waals surface area (Å²) < 4.78 is 80.6. The summed E-state index contributed by atoms with van der Waals surface area (Å²) in [6.45, 7) is 4.95. The van der Waals surface area contributed by atoms with Gasteiger partial charge in [-0.25, -0.2) is 46.2 Å². The highest BCUT2D eigenvalue weighted by Crippen LogP contribution is 2.30. The van der Waals surface area contributed by atoms with Crippen LogP contribution in [0, 0.1) is 47.4 Å². The molecule has 4 amide bonds. The van der Waals surface area contributed by atoms with Crippen molar-refractivity contribution < 1.29 is 59.9 Å². The summed E-state index contributed by atoms with van der Waals surface area (Å²) in [5.41, 5.74) is 2.07. The molecule has 2 atom stereocenters. The molecule has 64 heavy (non-hydrogen) atoms. The van der Waals surface area contributed by atoms with Gasteiger partial charge in [-0.2, -0.15) is 0 Å². The number of rotatable bonds is 11. The highest BCUT2D eigenvalue weighted by molar-refractivity contribution is 7.93. The Kier molecular flexibility index (Phi) is 13.4. The number of aromatic nitrogens is 2. The number of hydrogen-bond donors (Lipinski definition) is 5. The molecule has 0 saturated carbocycles. The van der Waals surface area contributed by atoms with Gasteiger partial charge in [-0.05, 0) is 74.3 Å². The van der Waals surface area contributed by atoms with Crippen LogP contribution in [0.4, 0.5) is 18.4 Å². The summed E-state index contributed by atoms with van der Waals surface area (Å²) in [6.07, 6.45) is 4.50. The van der Waals surface area contributed by atoms with Gasteiger partial charge >= 0.3 is 12.1 Å². The van der Waals surface area contributed by atoms with Crippen molar-refractivity contribution in [3.8, 4) is 47.4 Å². The SMILES string of the molecule is C[C@@](CCN1Cc2cc(C#CC#CC3(F)CN(C4COC4)C3)cn2C1=O)(C(=O)NO)S(C)(=O)=O.C[C@@](CCN1Cc2cc(C#CC#CC3(F)CNC3)cn2C1=O)(C(=O)NO)S(C)(=O)=O. The molecule has 19 nitrogen and oxygen atoms in total. The molecule has 0 spiro atoms. The number of carbonyl (C=O) groups excluding carboxylic acids is 4. The molecule has 3 saturated heterocycles. The highest BCUT2D eigenvalue weighted by atomic mass is 32.2. The van der Waals surface area contributed by atoms with Gasteiger partial charge in [-0.3, -0.25) is 34.0 Å². The number of hydroxylamine groups is 2. The minimum atomic E-state index is -3.86. The average molecular weight is 929 g/mol. The molecule has 0 bridgehead atoms. The molecule has 0 aliphatic carbocycles. The first-order chi connectivity index (χ1) is 29.9. The first-order valence-corrected chi connectivity index (χ1v) is 23.5. The predicted octanol–water partition coefficient (Wildman–Crippen LogP) is -0.615. The number of fused-ring (bicyclic) bond motifs is 2. The van der Waals surface area contributed by atoms with Gasteiger partial charge in [0.25, 0.3) is 11.8 Å². The number of alkyl halides is 2. The normalized spacial score (nSPS) is 20.1. The second-order valence-electron chi connectivity index (χ2n) is 16.6. The van der Waals surface area contributed by atoms with E-state index in [1.807, 2.05) is 4.90 Å². The van der Waals surface area contributed by atoms with Crippen molar-refractivity contribution in [3.05, 3.63) is 47.0 Å². The third kappa shape index (κ3) is 9.81. The van der Waals surface area contributed by atoms with Crippen LogP contribution in [0.1, 0.15) is 49.2 Å². The lowest BCUT2D eigenvalue weighted by Crippen LogP contribution is -2.65. The monoisotopic (exact) mass is 928 g/mol. The molecule has 5 aliphatic rings. The minimum Gasteiger partial charge on any atom is -0.378 e. The lowest BCUT2D eigenvalue weighted by atomic mass is 9.94. The van der Waals surface area contributed by atoms with Gasteiger partial charge in [0, 0.05) is 86.7 Å². The number of sulfone groups is 2. The molecule has 7 rings (SSSR count). The first-order valence-electron chi connectivity index (χ1n) is 19.7. The van der Waals surface area contributed by atoms with Crippen molar-refractivity contribution in [2.45, 2.75) is 66.7 Å². The molecule has 3 fully saturated rings. The van der Waals surface area contributed by atoms with Crippen LogP contribution in [0.15, 0.2) is 24.5 Å². The van der Waals surface area contributed by atoms with E-state index in [9.17, 15) is 44.8 Å². The summed E-state index contributed by atoms with van der Waals surface area (Å²) in [5.74, 6) is 18.7. The number of amides is 4. The summed E-state index contributed by atoms with van der Waals surface area (Å²) in [7, 11) is -7.70. The Balaban J connectivity index is 0.000000214. The summed E-state index contributed by atoms with van der Waals surface area (Å²) in [5, 5.41) is 20.6. The van der Waals surface area contributed by atoms with E-state index < -0.39 is 52.3 Å². The molecular weight excluding hydrogens is 883 g/mol. The van der Waals surface area contributed by atoms with E-state index in [0.717, 1.165) is 12.5 Å². The molecule has 2 aromatic rings. The maximum absolute atomic E-state index is 14.5. The predicted molar refractivity (Wildman–Crippen MR) is 223 cm³/mol. The number of likely N-dealkylation sites (tertiary alicyclic amines) is 1. The van der Waals surface area contributed by atoms with Gasteiger partial charge in [0.15, 0.2) is 40.5 Å². The van der Waals surface area contributed by atoms with Crippen molar-refractivity contribution in [1.82, 2.24) is 40.1 Å². The Hall–Kier alpha value is -5.76.